The number of carbonyl (C=O) groups excluding carboxylic acids is 1. The molecule has 0 fully saturated rings. The van der Waals surface area contributed by atoms with E-state index in [1.807, 2.05) is 0 Å². The van der Waals surface area contributed by atoms with Crippen LogP contribution in [0.25, 0.3) is 0 Å². The molecule has 0 bridgehead atoms. The van der Waals surface area contributed by atoms with Crippen molar-refractivity contribution >= 4 is 5.97 Å². The number of hydrogen-bond acceptors (Lipinski definition) is 2. The first kappa shape index (κ1) is 10.4. The molecule has 0 atom stereocenters. The summed E-state index contributed by atoms with van der Waals surface area (Å²) in [4.78, 5) is 10.9. The van der Waals surface area contributed by atoms with Gasteiger partial charge in [-0.1, -0.05) is 0 Å². The average Bonchev–Trinajstić information content (AvgIpc) is 2.04. The van der Waals surface area contributed by atoms with Gasteiger partial charge in [0.2, 0.25) is 0 Å². The molecule has 0 heterocycles. The monoisotopic (exact) mass is 160 g/mol. The minimum atomic E-state index is -0.129. The van der Waals surface area contributed by atoms with Gasteiger partial charge in [-0.15, -0.1) is 0 Å². The van der Waals surface area contributed by atoms with Gasteiger partial charge in [0.15, 0.2) is 6.54 Å². The van der Waals surface area contributed by atoms with E-state index in [2.05, 4.69) is 25.6 Å². The highest BCUT2D eigenvalue weighted by atomic mass is 16.5. The lowest BCUT2D eigenvalue weighted by molar-refractivity contribution is -0.899. The van der Waals surface area contributed by atoms with Crippen LogP contribution >= 0.6 is 0 Å². The van der Waals surface area contributed by atoms with Crippen LogP contribution in [0.5, 0.6) is 0 Å². The minimum absolute atomic E-state index is 0.129. The normalized spacial score (nSPS) is 11.3. The number of esters is 1. The molecule has 0 rings (SSSR count). The number of ether oxygens (including phenoxy) is 1. The molecule has 0 aromatic rings. The first-order valence-electron chi connectivity index (χ1n) is 3.98. The van der Waals surface area contributed by atoms with E-state index in [1.54, 1.807) is 0 Å². The molecular formula is C8H18NO2+. The molecule has 0 radical (unpaired) electrons. The summed E-state index contributed by atoms with van der Waals surface area (Å²) in [7, 11) is 3.48. The molecule has 0 aromatic carbocycles. The lowest BCUT2D eigenvalue weighted by Gasteiger charge is -2.30. The Labute approximate surface area is 68.5 Å². The second kappa shape index (κ2) is 4.34. The summed E-state index contributed by atoms with van der Waals surface area (Å²) >= 11 is 0. The van der Waals surface area contributed by atoms with Crippen LogP contribution in [-0.2, 0) is 9.53 Å². The molecule has 0 aliphatic carbocycles. The summed E-state index contributed by atoms with van der Waals surface area (Å²) < 4.78 is 5.35. The molecule has 0 spiro atoms. The van der Waals surface area contributed by atoms with Crippen molar-refractivity contribution in [1.29, 1.82) is 0 Å². The first-order valence-corrected chi connectivity index (χ1v) is 3.98. The van der Waals surface area contributed by atoms with Crippen molar-refractivity contribution in [2.75, 3.05) is 33.8 Å². The smallest absolute Gasteiger partial charge is 0.361 e. The number of methoxy groups -OCH3 is 1. The summed E-state index contributed by atoms with van der Waals surface area (Å²) in [5.41, 5.74) is 0. The van der Waals surface area contributed by atoms with Gasteiger partial charge in [0.25, 0.3) is 0 Å². The lowest BCUT2D eigenvalue weighted by Crippen LogP contribution is -2.47. The summed E-state index contributed by atoms with van der Waals surface area (Å²) in [5, 5.41) is 0. The maximum absolute atomic E-state index is 10.9. The third-order valence-corrected chi connectivity index (χ3v) is 2.27. The molecule has 0 aliphatic rings. The lowest BCUT2D eigenvalue weighted by atomic mass is 10.4. The Balaban J connectivity index is 3.96. The third kappa shape index (κ3) is 3.37. The quantitative estimate of drug-likeness (QED) is 0.446. The predicted octanol–water partition coefficient (Wildman–Crippen LogP) is 0.646. The molecule has 0 N–H and O–H groups in total. The van der Waals surface area contributed by atoms with Gasteiger partial charge in [0.05, 0.1) is 27.2 Å². The minimum Gasteiger partial charge on any atom is -0.465 e. The molecule has 0 amide bonds. The van der Waals surface area contributed by atoms with Crippen molar-refractivity contribution in [3.8, 4) is 0 Å². The van der Waals surface area contributed by atoms with Gasteiger partial charge in [0, 0.05) is 0 Å². The molecule has 0 saturated heterocycles. The molecular weight excluding hydrogens is 142 g/mol. The molecule has 0 unspecified atom stereocenters. The van der Waals surface area contributed by atoms with Gasteiger partial charge < -0.3 is 9.22 Å². The second-order valence-electron chi connectivity index (χ2n) is 2.99. The van der Waals surface area contributed by atoms with Crippen LogP contribution in [-0.4, -0.2) is 44.2 Å². The Hall–Kier alpha value is -0.570. The van der Waals surface area contributed by atoms with Crippen LogP contribution in [0.3, 0.4) is 0 Å². The van der Waals surface area contributed by atoms with E-state index in [9.17, 15) is 4.79 Å². The number of nitrogens with zero attached hydrogens (tertiary/aromatic N) is 1. The number of likely N-dealkylation sites (N-methyl/N-ethyl adjacent to an activating group) is 1. The van der Waals surface area contributed by atoms with E-state index in [-0.39, 0.29) is 5.97 Å². The van der Waals surface area contributed by atoms with Gasteiger partial charge in [-0.2, -0.15) is 0 Å². The van der Waals surface area contributed by atoms with Gasteiger partial charge in [-0.3, -0.25) is 0 Å². The van der Waals surface area contributed by atoms with Crippen molar-refractivity contribution < 1.29 is 14.0 Å². The topological polar surface area (TPSA) is 26.3 Å². The van der Waals surface area contributed by atoms with Gasteiger partial charge in [-0.05, 0) is 13.8 Å². The molecule has 0 aromatic heterocycles. The van der Waals surface area contributed by atoms with Crippen LogP contribution in [0.15, 0.2) is 0 Å². The molecule has 11 heavy (non-hydrogen) atoms. The van der Waals surface area contributed by atoms with Crippen molar-refractivity contribution in [3.05, 3.63) is 0 Å². The van der Waals surface area contributed by atoms with Crippen molar-refractivity contribution in [1.82, 2.24) is 0 Å². The SMILES string of the molecule is CC[N+](C)(CC)CC(=O)OC. The highest BCUT2D eigenvalue weighted by Crippen LogP contribution is 2.00. The second-order valence-corrected chi connectivity index (χ2v) is 2.99. The fraction of sp³-hybridized carbons (Fsp3) is 0.875. The number of carbonyl (C=O) groups is 1. The maximum atomic E-state index is 10.9. The Morgan fingerprint density at radius 2 is 1.82 bits per heavy atom. The van der Waals surface area contributed by atoms with E-state index in [0.717, 1.165) is 17.6 Å². The number of quaternary nitrogens is 1. The predicted molar refractivity (Wildman–Crippen MR) is 44.1 cm³/mol. The summed E-state index contributed by atoms with van der Waals surface area (Å²) in [6.07, 6.45) is 0. The molecule has 0 aliphatic heterocycles. The zero-order valence-corrected chi connectivity index (χ0v) is 7.89. The van der Waals surface area contributed by atoms with Crippen LogP contribution < -0.4 is 0 Å². The van der Waals surface area contributed by atoms with E-state index >= 15 is 0 Å². The third-order valence-electron chi connectivity index (χ3n) is 2.27. The molecule has 66 valence electrons. The van der Waals surface area contributed by atoms with Crippen LogP contribution in [0.2, 0.25) is 0 Å². The number of hydrogen-bond donors (Lipinski definition) is 0. The Morgan fingerprint density at radius 1 is 1.36 bits per heavy atom. The van der Waals surface area contributed by atoms with E-state index in [4.69, 9.17) is 0 Å². The van der Waals surface area contributed by atoms with Crippen LogP contribution in [0.1, 0.15) is 13.8 Å². The average molecular weight is 160 g/mol. The van der Waals surface area contributed by atoms with Crippen molar-refractivity contribution in [2.24, 2.45) is 0 Å². The van der Waals surface area contributed by atoms with E-state index in [1.165, 1.54) is 7.11 Å². The summed E-state index contributed by atoms with van der Waals surface area (Å²) in [6, 6.07) is 0. The van der Waals surface area contributed by atoms with E-state index in [0.29, 0.717) is 6.54 Å². The largest absolute Gasteiger partial charge is 0.465 e. The summed E-state index contributed by atoms with van der Waals surface area (Å²) in [6.45, 7) is 6.56. The number of rotatable bonds is 4. The van der Waals surface area contributed by atoms with Gasteiger partial charge in [0.1, 0.15) is 0 Å². The highest BCUT2D eigenvalue weighted by Gasteiger charge is 2.21. The Kier molecular flexibility index (Phi) is 4.11. The van der Waals surface area contributed by atoms with E-state index < -0.39 is 0 Å². The van der Waals surface area contributed by atoms with Gasteiger partial charge in [-0.25, -0.2) is 4.79 Å². The molecule has 0 saturated carbocycles. The molecule has 3 nitrogen and oxygen atoms in total. The Morgan fingerprint density at radius 3 is 2.09 bits per heavy atom. The van der Waals surface area contributed by atoms with Gasteiger partial charge >= 0.3 is 5.97 Å². The van der Waals surface area contributed by atoms with Crippen molar-refractivity contribution in [2.45, 2.75) is 13.8 Å². The zero-order valence-electron chi connectivity index (χ0n) is 7.89. The highest BCUT2D eigenvalue weighted by molar-refractivity contribution is 5.70. The van der Waals surface area contributed by atoms with Crippen LogP contribution in [0.4, 0.5) is 0 Å². The van der Waals surface area contributed by atoms with Crippen molar-refractivity contribution in [3.63, 3.8) is 0 Å². The zero-order chi connectivity index (χ0) is 8.91. The fourth-order valence-electron chi connectivity index (χ4n) is 0.823. The standard InChI is InChI=1S/C8H18NO2/c1-5-9(3,6-2)7-8(10)11-4/h5-7H2,1-4H3/q+1. The first-order chi connectivity index (χ1) is 5.08. The fourth-order valence-corrected chi connectivity index (χ4v) is 0.823. The van der Waals surface area contributed by atoms with Crippen LogP contribution in [0, 0.1) is 0 Å². The molecule has 3 heteroatoms. The summed E-state index contributed by atoms with van der Waals surface area (Å²) in [5.74, 6) is -0.129. The maximum Gasteiger partial charge on any atom is 0.361 e. The Bertz CT molecular complexity index is 130.